The normalized spacial score (nSPS) is 24.3. The second-order valence-corrected chi connectivity index (χ2v) is 37.7. The Labute approximate surface area is 318 Å². The molecule has 3 unspecified atom stereocenters. The largest absolute Gasteiger partial charge is 0.479 e. The van der Waals surface area contributed by atoms with Crippen molar-refractivity contribution in [1.29, 1.82) is 0 Å². The number of rotatable bonds is 18. The first-order valence-electron chi connectivity index (χ1n) is 17.7. The second-order valence-electron chi connectivity index (χ2n) is 17.9. The van der Waals surface area contributed by atoms with Crippen LogP contribution in [0.3, 0.4) is 0 Å². The Kier molecular flexibility index (Phi) is 16.4. The van der Waals surface area contributed by atoms with E-state index >= 15 is 0 Å². The third kappa shape index (κ3) is 13.9. The van der Waals surface area contributed by atoms with Gasteiger partial charge in [0, 0.05) is 22.0 Å². The molecule has 0 bridgehead atoms. The number of carboxylic acids is 1. The molecular weight excluding hydrogens is 759 g/mol. The Hall–Kier alpha value is -2.51. The van der Waals surface area contributed by atoms with Crippen molar-refractivity contribution in [3.63, 3.8) is 0 Å². The van der Waals surface area contributed by atoms with Gasteiger partial charge in [0.25, 0.3) is 5.91 Å². The highest BCUT2D eigenvalue weighted by atomic mass is 28.4. The number of aliphatic carboxylic acids is 1. The summed E-state index contributed by atoms with van der Waals surface area (Å²) in [6, 6.07) is -3.46. The van der Waals surface area contributed by atoms with E-state index in [2.05, 4.69) is 16.0 Å². The van der Waals surface area contributed by atoms with Gasteiger partial charge in [-0.2, -0.15) is 0 Å². The van der Waals surface area contributed by atoms with Crippen LogP contribution in [-0.2, 0) is 42.3 Å². The lowest BCUT2D eigenvalue weighted by atomic mass is 9.93. The fourth-order valence-corrected chi connectivity index (χ4v) is 10.1. The third-order valence-corrected chi connectivity index (χ3v) is 14.8. The molecule has 306 valence electrons. The number of carbonyl (C=O) groups excluding carboxylic acids is 5. The van der Waals surface area contributed by atoms with Gasteiger partial charge in [-0.25, -0.2) is 9.59 Å². The van der Waals surface area contributed by atoms with E-state index in [0.717, 1.165) is 7.05 Å². The molecule has 53 heavy (non-hydrogen) atoms. The average Bonchev–Trinajstić information content (AvgIpc) is 2.96. The van der Waals surface area contributed by atoms with Gasteiger partial charge in [-0.3, -0.25) is 24.1 Å². The first-order valence-corrected chi connectivity index (χ1v) is 31.7. The van der Waals surface area contributed by atoms with Gasteiger partial charge in [0.15, 0.2) is 22.0 Å². The van der Waals surface area contributed by atoms with Crippen LogP contribution in [0.4, 0.5) is 4.79 Å². The standard InChI is InChI=1S/C32H65N5O12Si4/c1-20(27(40)36-31(29(42)43,16-17-50(4,5)6)28(41)37(3)30(33)44)34-23(39)19-46-25-24(49-53(13,14)15)22(18-47-52(10,11)12)48-32(45,51(7,8)9)26(25)35-21(2)38/h20,22,24-26,45H,16-19H2,1-15H3,(H2,33,44)(H,34,39)(H,35,38)(H,36,40)(H,42,43)/t20?,22-,24-,25+,26-,31?,32?/m1/s1. The van der Waals surface area contributed by atoms with Crippen molar-refractivity contribution in [2.24, 2.45) is 5.73 Å². The fourth-order valence-electron chi connectivity index (χ4n) is 5.50. The average molecular weight is 824 g/mol. The molecule has 1 saturated heterocycles. The Balaban J connectivity index is 3.52. The van der Waals surface area contributed by atoms with Crippen LogP contribution in [0.25, 0.3) is 0 Å². The second kappa shape index (κ2) is 18.0. The summed E-state index contributed by atoms with van der Waals surface area (Å²) in [4.78, 5) is 77.8. The zero-order valence-electron chi connectivity index (χ0n) is 34.2. The molecule has 0 saturated carbocycles. The highest BCUT2D eigenvalue weighted by Crippen LogP contribution is 2.39. The van der Waals surface area contributed by atoms with Crippen LogP contribution >= 0.6 is 0 Å². The zero-order chi connectivity index (χ0) is 41.7. The van der Waals surface area contributed by atoms with Crippen molar-refractivity contribution >= 4 is 68.4 Å². The van der Waals surface area contributed by atoms with Gasteiger partial charge >= 0.3 is 12.0 Å². The topological polar surface area (TPSA) is 245 Å². The number of primary amides is 1. The molecule has 0 spiro atoms. The molecule has 0 aromatic heterocycles. The number of nitrogens with two attached hydrogens (primary N) is 1. The number of imide groups is 1. The minimum Gasteiger partial charge on any atom is -0.479 e. The fraction of sp³-hybridized carbons (Fsp3) is 0.812. The van der Waals surface area contributed by atoms with Crippen molar-refractivity contribution in [1.82, 2.24) is 20.9 Å². The molecule has 0 aromatic carbocycles. The predicted octanol–water partition coefficient (Wildman–Crippen LogP) is 1.62. The molecule has 0 aliphatic carbocycles. The maximum Gasteiger partial charge on any atom is 0.339 e. The maximum atomic E-state index is 13.5. The van der Waals surface area contributed by atoms with E-state index in [0.29, 0.717) is 10.9 Å². The van der Waals surface area contributed by atoms with E-state index in [-0.39, 0.29) is 13.0 Å². The van der Waals surface area contributed by atoms with Crippen LogP contribution in [0.2, 0.25) is 84.6 Å². The van der Waals surface area contributed by atoms with Crippen LogP contribution in [0.5, 0.6) is 0 Å². The lowest BCUT2D eigenvalue weighted by molar-refractivity contribution is -0.284. The molecule has 1 heterocycles. The Morgan fingerprint density at radius 2 is 1.49 bits per heavy atom. The van der Waals surface area contributed by atoms with Crippen molar-refractivity contribution in [2.45, 2.75) is 146 Å². The van der Waals surface area contributed by atoms with Crippen molar-refractivity contribution in [3.8, 4) is 0 Å². The van der Waals surface area contributed by atoms with E-state index in [9.17, 15) is 39.0 Å². The molecule has 1 rings (SSSR count). The lowest BCUT2D eigenvalue weighted by Crippen LogP contribution is -2.78. The summed E-state index contributed by atoms with van der Waals surface area (Å²) in [7, 11) is -8.19. The number of ether oxygens (including phenoxy) is 2. The van der Waals surface area contributed by atoms with Crippen molar-refractivity contribution in [3.05, 3.63) is 0 Å². The van der Waals surface area contributed by atoms with Crippen molar-refractivity contribution in [2.75, 3.05) is 20.3 Å². The van der Waals surface area contributed by atoms with Crippen LogP contribution in [0.1, 0.15) is 20.3 Å². The highest BCUT2D eigenvalue weighted by Gasteiger charge is 2.61. The predicted molar refractivity (Wildman–Crippen MR) is 209 cm³/mol. The number of aliphatic hydroxyl groups is 1. The number of urea groups is 1. The van der Waals surface area contributed by atoms with E-state index in [1.807, 2.05) is 78.6 Å². The lowest BCUT2D eigenvalue weighted by Gasteiger charge is -2.56. The molecule has 0 radical (unpaired) electrons. The summed E-state index contributed by atoms with van der Waals surface area (Å²) in [6.45, 7) is 25.3. The molecule has 7 N–H and O–H groups in total. The minimum absolute atomic E-state index is 0.0560. The molecule has 1 aliphatic heterocycles. The monoisotopic (exact) mass is 823 g/mol. The maximum absolute atomic E-state index is 13.5. The van der Waals surface area contributed by atoms with Gasteiger partial charge in [0.2, 0.25) is 23.3 Å². The number of nitrogens with one attached hydrogen (secondary N) is 3. The summed E-state index contributed by atoms with van der Waals surface area (Å²) in [6.07, 6.45) is -3.18. The van der Waals surface area contributed by atoms with Crippen LogP contribution in [0, 0.1) is 0 Å². The highest BCUT2D eigenvalue weighted by molar-refractivity contribution is 6.78. The van der Waals surface area contributed by atoms with E-state index in [4.69, 9.17) is 24.1 Å². The summed E-state index contributed by atoms with van der Waals surface area (Å²) >= 11 is 0. The summed E-state index contributed by atoms with van der Waals surface area (Å²) in [5, 5.41) is 30.1. The first-order chi connectivity index (χ1) is 23.7. The molecule has 17 nitrogen and oxygen atoms in total. The molecular formula is C32H65N5O12Si4. The molecule has 1 fully saturated rings. The van der Waals surface area contributed by atoms with Gasteiger partial charge < -0.3 is 50.2 Å². The van der Waals surface area contributed by atoms with E-state index in [1.54, 1.807) is 0 Å². The van der Waals surface area contributed by atoms with Gasteiger partial charge in [0.1, 0.15) is 45.1 Å². The number of carbonyl (C=O) groups is 6. The first kappa shape index (κ1) is 48.5. The number of amides is 6. The zero-order valence-corrected chi connectivity index (χ0v) is 38.2. The molecule has 6 amide bonds. The number of hydrogen-bond acceptors (Lipinski definition) is 11. The van der Waals surface area contributed by atoms with Crippen LogP contribution in [0.15, 0.2) is 0 Å². The van der Waals surface area contributed by atoms with Gasteiger partial charge in [-0.1, -0.05) is 45.3 Å². The van der Waals surface area contributed by atoms with E-state index in [1.165, 1.54) is 13.8 Å². The van der Waals surface area contributed by atoms with Gasteiger partial charge in [0.05, 0.1) is 6.61 Å². The minimum atomic E-state index is -2.74. The molecule has 0 aromatic rings. The Morgan fingerprint density at radius 1 is 0.943 bits per heavy atom. The third-order valence-electron chi connectivity index (χ3n) is 8.50. The van der Waals surface area contributed by atoms with E-state index < -0.39 is 116 Å². The van der Waals surface area contributed by atoms with Crippen LogP contribution in [-0.4, -0.2) is 145 Å². The SMILES string of the molecule is CC(=O)N[C@@H]1[C@@H](OCC(=O)NC(C)C(=O)NC(CC[Si](C)(C)C)(C(=O)O)C(=O)N(C)C(N)=O)[C@H](O[Si](C)(C)C)[C@@H](CO[Si](C)(C)C)OC1(O)[Si](C)(C)C. The number of nitrogens with zero attached hydrogens (tertiary/aromatic N) is 1. The number of hydrogen-bond donors (Lipinski definition) is 6. The van der Waals surface area contributed by atoms with Gasteiger partial charge in [-0.15, -0.1) is 0 Å². The Bertz CT molecular complexity index is 1360. The number of likely N-dealkylation sites (N-methyl/N-ethyl adjacent to an activating group) is 1. The summed E-state index contributed by atoms with van der Waals surface area (Å²) in [5.41, 5.74) is 0.843. The molecule has 21 heteroatoms. The molecule has 1 aliphatic rings. The molecule has 7 atom stereocenters. The van der Waals surface area contributed by atoms with Gasteiger partial charge in [-0.05, 0) is 52.6 Å². The van der Waals surface area contributed by atoms with Crippen LogP contribution < -0.4 is 21.7 Å². The van der Waals surface area contributed by atoms with Crippen molar-refractivity contribution < 1.29 is 57.3 Å². The summed E-state index contributed by atoms with van der Waals surface area (Å²) in [5.74, 6) is -5.22. The quantitative estimate of drug-likeness (QED) is 0.0854. The Morgan fingerprint density at radius 3 is 1.91 bits per heavy atom. The number of carboxylic acid groups (broad SMARTS) is 1. The smallest absolute Gasteiger partial charge is 0.339 e. The summed E-state index contributed by atoms with van der Waals surface area (Å²) < 4.78 is 25.5.